The van der Waals surface area contributed by atoms with E-state index < -0.39 is 0 Å². The lowest BCUT2D eigenvalue weighted by atomic mass is 10.2. The van der Waals surface area contributed by atoms with Crippen LogP contribution in [0, 0.1) is 0 Å². The molecule has 0 radical (unpaired) electrons. The number of carbonyl (C=O) groups is 1. The maximum Gasteiger partial charge on any atom is 0.322 e. The van der Waals surface area contributed by atoms with Gasteiger partial charge in [0.15, 0.2) is 0 Å². The van der Waals surface area contributed by atoms with E-state index in [9.17, 15) is 4.79 Å². The molecule has 1 atom stereocenters. The molecule has 19 heavy (non-hydrogen) atoms. The van der Waals surface area contributed by atoms with Gasteiger partial charge in [-0.2, -0.15) is 0 Å². The number of nitrogens with one attached hydrogen (secondary N) is 1. The number of nitrogens with two attached hydrogens (primary N) is 1. The van der Waals surface area contributed by atoms with Gasteiger partial charge < -0.3 is 25.4 Å². The third kappa shape index (κ3) is 3.59. The number of anilines is 1. The zero-order chi connectivity index (χ0) is 13.7. The number of benzene rings is 1. The minimum absolute atomic E-state index is 0.0789. The van der Waals surface area contributed by atoms with Gasteiger partial charge in [0.1, 0.15) is 5.75 Å². The molecule has 1 aliphatic rings. The molecule has 1 fully saturated rings. The first-order valence-electron chi connectivity index (χ1n) is 6.24. The summed E-state index contributed by atoms with van der Waals surface area (Å²) in [6.45, 7) is 2.04. The third-order valence-electron chi connectivity index (χ3n) is 3.01. The van der Waals surface area contributed by atoms with Crippen LogP contribution in [-0.2, 0) is 4.74 Å². The molecule has 2 rings (SSSR count). The van der Waals surface area contributed by atoms with Crippen LogP contribution in [0.1, 0.15) is 0 Å². The fraction of sp³-hybridized carbons (Fsp3) is 0.462. The Labute approximate surface area is 112 Å². The molecule has 1 saturated heterocycles. The summed E-state index contributed by atoms with van der Waals surface area (Å²) in [6, 6.07) is 7.11. The highest BCUT2D eigenvalue weighted by Gasteiger charge is 2.23. The van der Waals surface area contributed by atoms with Crippen molar-refractivity contribution in [2.24, 2.45) is 5.73 Å². The molecule has 6 nitrogen and oxygen atoms in total. The van der Waals surface area contributed by atoms with Crippen molar-refractivity contribution in [3.05, 3.63) is 24.3 Å². The van der Waals surface area contributed by atoms with Crippen molar-refractivity contribution in [2.45, 2.75) is 6.10 Å². The fourth-order valence-corrected chi connectivity index (χ4v) is 1.95. The van der Waals surface area contributed by atoms with Crippen molar-refractivity contribution >= 4 is 11.7 Å². The van der Waals surface area contributed by atoms with E-state index in [4.69, 9.17) is 15.2 Å². The Morgan fingerprint density at radius 3 is 3.21 bits per heavy atom. The predicted octanol–water partition coefficient (Wildman–Crippen LogP) is 0.887. The fourth-order valence-electron chi connectivity index (χ4n) is 1.95. The van der Waals surface area contributed by atoms with Crippen molar-refractivity contribution in [3.8, 4) is 5.75 Å². The molecule has 2 amide bonds. The van der Waals surface area contributed by atoms with Gasteiger partial charge in [0.05, 0.1) is 19.8 Å². The van der Waals surface area contributed by atoms with E-state index in [1.54, 1.807) is 18.1 Å². The maximum atomic E-state index is 12.1. The lowest BCUT2D eigenvalue weighted by molar-refractivity contribution is -0.00660. The summed E-state index contributed by atoms with van der Waals surface area (Å²) in [5.41, 5.74) is 6.26. The highest BCUT2D eigenvalue weighted by atomic mass is 16.5. The number of methoxy groups -OCH3 is 1. The molecule has 1 unspecified atom stereocenters. The van der Waals surface area contributed by atoms with Crippen LogP contribution >= 0.6 is 0 Å². The van der Waals surface area contributed by atoms with Crippen LogP contribution in [0.3, 0.4) is 0 Å². The smallest absolute Gasteiger partial charge is 0.322 e. The highest BCUT2D eigenvalue weighted by Crippen LogP contribution is 2.17. The number of urea groups is 1. The molecule has 0 bridgehead atoms. The van der Waals surface area contributed by atoms with Crippen molar-refractivity contribution < 1.29 is 14.3 Å². The molecule has 104 valence electrons. The van der Waals surface area contributed by atoms with Crippen LogP contribution in [0.15, 0.2) is 24.3 Å². The maximum absolute atomic E-state index is 12.1. The Balaban J connectivity index is 1.96. The first kappa shape index (κ1) is 13.6. The summed E-state index contributed by atoms with van der Waals surface area (Å²) in [5, 5.41) is 2.84. The van der Waals surface area contributed by atoms with Crippen LogP contribution in [0.2, 0.25) is 0 Å². The van der Waals surface area contributed by atoms with Crippen LogP contribution in [-0.4, -0.2) is 50.4 Å². The molecule has 1 aliphatic heterocycles. The van der Waals surface area contributed by atoms with Crippen molar-refractivity contribution in [1.29, 1.82) is 0 Å². The SMILES string of the molecule is COc1cccc(NC(=O)N2CCOC(CN)C2)c1. The monoisotopic (exact) mass is 265 g/mol. The van der Waals surface area contributed by atoms with E-state index in [1.165, 1.54) is 0 Å². The summed E-state index contributed by atoms with van der Waals surface area (Å²) in [7, 11) is 1.59. The normalized spacial score (nSPS) is 19.1. The molecule has 0 aliphatic carbocycles. The second kappa shape index (κ2) is 6.40. The predicted molar refractivity (Wildman–Crippen MR) is 72.4 cm³/mol. The lowest BCUT2D eigenvalue weighted by Crippen LogP contribution is -2.49. The average molecular weight is 265 g/mol. The average Bonchev–Trinajstić information content (AvgIpc) is 2.47. The van der Waals surface area contributed by atoms with E-state index in [-0.39, 0.29) is 12.1 Å². The van der Waals surface area contributed by atoms with Crippen LogP contribution in [0.4, 0.5) is 10.5 Å². The van der Waals surface area contributed by atoms with Crippen LogP contribution in [0.5, 0.6) is 5.75 Å². The Kier molecular flexibility index (Phi) is 4.59. The van der Waals surface area contributed by atoms with Gasteiger partial charge in [-0.05, 0) is 12.1 Å². The summed E-state index contributed by atoms with van der Waals surface area (Å²) >= 11 is 0. The Bertz CT molecular complexity index is 439. The topological polar surface area (TPSA) is 76.8 Å². The summed E-state index contributed by atoms with van der Waals surface area (Å²) in [6.07, 6.45) is -0.0789. The number of nitrogens with zero attached hydrogens (tertiary/aromatic N) is 1. The number of hydrogen-bond acceptors (Lipinski definition) is 4. The van der Waals surface area contributed by atoms with E-state index in [0.717, 1.165) is 0 Å². The van der Waals surface area contributed by atoms with Crippen LogP contribution < -0.4 is 15.8 Å². The molecule has 0 spiro atoms. The largest absolute Gasteiger partial charge is 0.497 e. The van der Waals surface area contributed by atoms with Gasteiger partial charge >= 0.3 is 6.03 Å². The van der Waals surface area contributed by atoms with Gasteiger partial charge in [0.2, 0.25) is 0 Å². The first-order valence-corrected chi connectivity index (χ1v) is 6.24. The second-order valence-corrected chi connectivity index (χ2v) is 4.34. The van der Waals surface area contributed by atoms with Crippen molar-refractivity contribution in [3.63, 3.8) is 0 Å². The van der Waals surface area contributed by atoms with Gasteiger partial charge in [0, 0.05) is 31.4 Å². The Morgan fingerprint density at radius 2 is 2.47 bits per heavy atom. The minimum atomic E-state index is -0.144. The van der Waals surface area contributed by atoms with E-state index in [0.29, 0.717) is 37.7 Å². The zero-order valence-electron chi connectivity index (χ0n) is 11.0. The summed E-state index contributed by atoms with van der Waals surface area (Å²) in [5.74, 6) is 0.708. The highest BCUT2D eigenvalue weighted by molar-refractivity contribution is 5.89. The number of amides is 2. The van der Waals surface area contributed by atoms with E-state index >= 15 is 0 Å². The van der Waals surface area contributed by atoms with Gasteiger partial charge in [-0.1, -0.05) is 6.07 Å². The summed E-state index contributed by atoms with van der Waals surface area (Å²) in [4.78, 5) is 13.8. The van der Waals surface area contributed by atoms with Crippen LogP contribution in [0.25, 0.3) is 0 Å². The number of ether oxygens (including phenoxy) is 2. The molecular formula is C13H19N3O3. The van der Waals surface area contributed by atoms with Gasteiger partial charge in [-0.25, -0.2) is 4.79 Å². The zero-order valence-corrected chi connectivity index (χ0v) is 11.0. The molecule has 0 saturated carbocycles. The van der Waals surface area contributed by atoms with E-state index in [1.807, 2.05) is 18.2 Å². The lowest BCUT2D eigenvalue weighted by Gasteiger charge is -2.32. The third-order valence-corrected chi connectivity index (χ3v) is 3.01. The second-order valence-electron chi connectivity index (χ2n) is 4.34. The quantitative estimate of drug-likeness (QED) is 0.850. The number of carbonyl (C=O) groups excluding carboxylic acids is 1. The molecule has 3 N–H and O–H groups in total. The number of rotatable bonds is 3. The molecule has 1 aromatic carbocycles. The Morgan fingerprint density at radius 1 is 1.63 bits per heavy atom. The number of morpholine rings is 1. The van der Waals surface area contributed by atoms with Gasteiger partial charge in [-0.3, -0.25) is 0 Å². The first-order chi connectivity index (χ1) is 9.22. The molecular weight excluding hydrogens is 246 g/mol. The van der Waals surface area contributed by atoms with E-state index in [2.05, 4.69) is 5.32 Å². The van der Waals surface area contributed by atoms with Gasteiger partial charge in [0.25, 0.3) is 0 Å². The molecule has 0 aromatic heterocycles. The van der Waals surface area contributed by atoms with Gasteiger partial charge in [-0.15, -0.1) is 0 Å². The Hall–Kier alpha value is -1.79. The van der Waals surface area contributed by atoms with Crippen molar-refractivity contribution in [1.82, 2.24) is 4.90 Å². The summed E-state index contributed by atoms with van der Waals surface area (Å²) < 4.78 is 10.5. The molecule has 6 heteroatoms. The minimum Gasteiger partial charge on any atom is -0.497 e. The molecule has 1 heterocycles. The standard InChI is InChI=1S/C13H19N3O3/c1-18-11-4-2-3-10(7-11)15-13(17)16-5-6-19-12(8-14)9-16/h2-4,7,12H,5-6,8-9,14H2,1H3,(H,15,17). The molecule has 1 aromatic rings. The number of hydrogen-bond donors (Lipinski definition) is 2. The van der Waals surface area contributed by atoms with Crippen molar-refractivity contribution in [2.75, 3.05) is 38.7 Å².